The molecule has 724 valence electrons. The summed E-state index contributed by atoms with van der Waals surface area (Å²) in [4.78, 5) is 287. The molecule has 2 heterocycles. The molecule has 0 radical (unpaired) electrons. The van der Waals surface area contributed by atoms with Crippen molar-refractivity contribution < 1.29 is 126 Å². The number of carboxylic acid groups (broad SMARTS) is 2. The molecule has 1 aliphatic heterocycles. The number of hydrogen-bond donors (Lipinski definition) is 29. The minimum Gasteiger partial charge on any atom is -0.508 e. The molecule has 2 aromatic carbocycles. The number of nitrogens with zero attached hydrogens (tertiary/aromatic N) is 1. The third-order valence-electron chi connectivity index (χ3n) is 20.4. The molecule has 48 nitrogen and oxygen atoms in total. The van der Waals surface area contributed by atoms with Gasteiger partial charge in [0.1, 0.15) is 96.4 Å². The van der Waals surface area contributed by atoms with Crippen LogP contribution in [0.3, 0.4) is 0 Å². The first kappa shape index (κ1) is 111. The lowest BCUT2D eigenvalue weighted by Gasteiger charge is -2.30. The number of aliphatic carboxylic acids is 2. The number of carboxylic acids is 2. The second-order valence-electron chi connectivity index (χ2n) is 30.4. The zero-order valence-corrected chi connectivity index (χ0v) is 75.7. The topological polar surface area (TPSA) is 775 Å². The number of benzene rings is 2. The van der Waals surface area contributed by atoms with E-state index >= 15 is 0 Å². The Labute approximate surface area is 772 Å². The van der Waals surface area contributed by atoms with Crippen LogP contribution in [0.5, 0.6) is 5.75 Å². The van der Waals surface area contributed by atoms with Gasteiger partial charge >= 0.3 is 11.9 Å². The maximum atomic E-state index is 14.6. The van der Waals surface area contributed by atoms with Crippen LogP contribution in [0, 0.1) is 5.92 Å². The van der Waals surface area contributed by atoms with E-state index in [1.807, 2.05) is 0 Å². The van der Waals surface area contributed by atoms with Crippen molar-refractivity contribution in [3.63, 3.8) is 0 Å². The van der Waals surface area contributed by atoms with Gasteiger partial charge in [-0.2, -0.15) is 49.6 Å². The van der Waals surface area contributed by atoms with Gasteiger partial charge in [0.15, 0.2) is 0 Å². The molecule has 0 saturated carbocycles. The van der Waals surface area contributed by atoms with E-state index in [9.17, 15) is 121 Å². The number of aliphatic hydroxyl groups is 2. The SMILES string of the molecule is CC[C@H](C)[C@H](NC(=O)[C@H](CS)NC(=O)[C@H](CC(N)=O)NC(=O)[C@H](CCCCN)NC(=O)[C@H](CCSC)NC(=O)[C@H](CS)NC(=O)CNC(=O)[C@@H](N)CO)C(=O)NCC(=O)N[C@@H](CO)C(=O)N[C@@H](CCC(N)=O)C(=O)N[C@@H](CC(=O)O)C(=O)N1CCC[C@H]1C(=O)N[C@@H](Cc1ccc(O)cc1)C(=O)N[C@@H](CS)C(=O)NCC(=O)N[C@@H](Cc1c[nH]c2ccccc12)C(=O)N[C@@H](C)C(=O)O. The predicted molar refractivity (Wildman–Crippen MR) is 480 cm³/mol. The summed E-state index contributed by atoms with van der Waals surface area (Å²) in [6.07, 6.45) is 0.00835. The molecule has 4 rings (SSSR count). The van der Waals surface area contributed by atoms with E-state index in [0.29, 0.717) is 28.5 Å². The number of carbonyl (C=O) groups excluding carboxylic acids is 19. The monoisotopic (exact) mass is 1920 g/mol. The minimum absolute atomic E-state index is 0.0256. The van der Waals surface area contributed by atoms with Crippen molar-refractivity contribution in [2.24, 2.45) is 28.9 Å². The lowest BCUT2D eigenvalue weighted by Crippen LogP contribution is -2.61. The van der Waals surface area contributed by atoms with Crippen molar-refractivity contribution in [1.82, 2.24) is 95.0 Å². The van der Waals surface area contributed by atoms with Gasteiger partial charge in [-0.1, -0.05) is 50.6 Å². The number of hydrogen-bond acceptors (Lipinski definition) is 30. The van der Waals surface area contributed by atoms with Gasteiger partial charge in [-0.3, -0.25) is 101 Å². The van der Waals surface area contributed by atoms with Crippen LogP contribution in [0.25, 0.3) is 10.9 Å². The molecular weight excluding hydrogens is 1800 g/mol. The normalized spacial score (nSPS) is 15.7. The van der Waals surface area contributed by atoms with Crippen LogP contribution in [-0.2, 0) is 114 Å². The Balaban J connectivity index is 1.45. The minimum atomic E-state index is -2.05. The molecule has 0 spiro atoms. The van der Waals surface area contributed by atoms with Crippen LogP contribution in [0.4, 0.5) is 0 Å². The molecule has 1 saturated heterocycles. The Morgan fingerprint density at radius 3 is 1.53 bits per heavy atom. The number of thioether (sulfide) groups is 1. The maximum Gasteiger partial charge on any atom is 0.325 e. The number of rotatable bonds is 59. The first-order chi connectivity index (χ1) is 62.1. The van der Waals surface area contributed by atoms with Crippen molar-refractivity contribution in [1.29, 1.82) is 0 Å². The van der Waals surface area contributed by atoms with Crippen molar-refractivity contribution >= 4 is 185 Å². The van der Waals surface area contributed by atoms with Crippen LogP contribution in [0.15, 0.2) is 54.7 Å². The molecule has 131 heavy (non-hydrogen) atoms. The van der Waals surface area contributed by atoms with E-state index in [1.165, 1.54) is 49.9 Å². The first-order valence-corrected chi connectivity index (χ1v) is 44.8. The lowest BCUT2D eigenvalue weighted by molar-refractivity contribution is -0.146. The summed E-state index contributed by atoms with van der Waals surface area (Å²) in [5.74, 6) is -24.8. The van der Waals surface area contributed by atoms with Crippen molar-refractivity contribution in [2.75, 3.05) is 75.2 Å². The molecule has 1 aliphatic rings. The maximum absolute atomic E-state index is 14.6. The second kappa shape index (κ2) is 57.1. The molecule has 52 heteroatoms. The number of thiol groups is 3. The van der Waals surface area contributed by atoms with Gasteiger partial charge in [0.25, 0.3) is 0 Å². The summed E-state index contributed by atoms with van der Waals surface area (Å²) < 4.78 is 0. The van der Waals surface area contributed by atoms with Crippen LogP contribution in [0.1, 0.15) is 103 Å². The third kappa shape index (κ3) is 37.7. The molecule has 19 amide bonds. The van der Waals surface area contributed by atoms with Gasteiger partial charge in [-0.25, -0.2) is 0 Å². The average molecular weight is 1920 g/mol. The van der Waals surface area contributed by atoms with E-state index in [-0.39, 0.29) is 81.7 Å². The molecule has 3 aromatic rings. The third-order valence-corrected chi connectivity index (χ3v) is 22.1. The quantitative estimate of drug-likeness (QED) is 0.0184. The summed E-state index contributed by atoms with van der Waals surface area (Å²) in [7, 11) is 0. The Hall–Kier alpha value is -12.1. The number of phenols is 1. The number of fused-ring (bicyclic) bond motifs is 1. The Kier molecular flexibility index (Phi) is 48.5. The number of phenolic OH excluding ortho intramolecular Hbond substituents is 1. The van der Waals surface area contributed by atoms with Gasteiger partial charge in [0, 0.05) is 60.2 Å². The highest BCUT2D eigenvalue weighted by molar-refractivity contribution is 7.98. The number of aliphatic hydroxyl groups excluding tert-OH is 2. The number of aromatic amines is 1. The lowest BCUT2D eigenvalue weighted by atomic mass is 9.98. The van der Waals surface area contributed by atoms with Gasteiger partial charge in [-0.05, 0) is 106 Å². The van der Waals surface area contributed by atoms with Crippen LogP contribution in [0.2, 0.25) is 0 Å². The fourth-order valence-corrected chi connectivity index (χ4v) is 14.1. The fraction of sp³-hybridized carbons (Fsp3) is 0.557. The van der Waals surface area contributed by atoms with Gasteiger partial charge in [0.05, 0.1) is 45.7 Å². The van der Waals surface area contributed by atoms with Gasteiger partial charge in [0.2, 0.25) is 112 Å². The van der Waals surface area contributed by atoms with Crippen LogP contribution in [-0.4, -0.2) is 325 Å². The van der Waals surface area contributed by atoms with E-state index in [2.05, 4.69) is 128 Å². The summed E-state index contributed by atoms with van der Waals surface area (Å²) >= 11 is 13.9. The average Bonchev–Trinajstić information content (AvgIpc) is 1.70. The molecule has 30 N–H and O–H groups in total. The highest BCUT2D eigenvalue weighted by atomic mass is 32.2. The molecule has 0 aliphatic carbocycles. The number of nitrogens with one attached hydrogen (secondary N) is 17. The number of aromatic nitrogens is 1. The molecule has 16 atom stereocenters. The highest BCUT2D eigenvalue weighted by Gasteiger charge is 2.43. The predicted octanol–water partition coefficient (Wildman–Crippen LogP) is -9.95. The van der Waals surface area contributed by atoms with E-state index in [1.54, 1.807) is 43.6 Å². The number of para-hydroxylation sites is 1. The number of H-pyrrole nitrogens is 1. The Bertz CT molecular complexity index is 4520. The van der Waals surface area contributed by atoms with Crippen LogP contribution >= 0.6 is 49.6 Å². The molecule has 0 unspecified atom stereocenters. The summed E-state index contributed by atoms with van der Waals surface area (Å²) in [6, 6.07) is -11.5. The number of amides is 19. The molecule has 1 fully saturated rings. The standard InChI is InChI=1S/C79H118N22O26S4/c1-5-38(2)64(100-75(122)56(37-130)99-72(119)51(27-59(83)106)95-67(114)46(13-8-9-22-80)92-69(116)48(21-24-131-4)94-74(121)55(36-129)91-62(109)30-85-65(112)44(81)33-102)77(124)87-32-61(108)90-53(34-103)73(120)93-47(19-20-58(82)105)68(115)97-52(28-63(110)111)78(125)101-23-10-14-57(101)76(123)96-49(25-40-15-17-42(104)18-16-40)71(118)98-54(35-128)66(113)86-31-60(107)89-50(70(117)88-39(3)79(126)127)26-41-29-84-45-12-7-6-11-43(41)45/h6-7,11-12,15-18,29,38-39,44,46-57,64,84,102-104,128-130H,5,8-10,13-14,19-28,30-37,80-81H2,1-4H3,(H2,82,105)(H2,83,106)(H,85,112)(H,86,113)(H,87,124)(H,88,117)(H,89,107)(H,90,108)(H,91,109)(H,92,116)(H,93,120)(H,94,121)(H,95,114)(H,96,123)(H,97,115)(H,98,118)(H,99,119)(H,100,122)(H,110,111)(H,126,127)/t38-,39-,44-,46-,47-,48-,49-,50-,51-,52-,53-,54-,55-,56-,57-,64-/m0/s1. The number of nitrogens with two attached hydrogens (primary N) is 4. The second-order valence-corrected chi connectivity index (χ2v) is 32.5. The van der Waals surface area contributed by atoms with E-state index in [0.717, 1.165) is 4.90 Å². The van der Waals surface area contributed by atoms with Gasteiger partial charge < -0.3 is 143 Å². The largest absolute Gasteiger partial charge is 0.508 e. The zero-order chi connectivity index (χ0) is 97.9. The van der Waals surface area contributed by atoms with Crippen molar-refractivity contribution in [3.05, 3.63) is 65.9 Å². The number of aromatic hydroxyl groups is 1. The summed E-state index contributed by atoms with van der Waals surface area (Å²) in [5, 5.41) is 87.7. The fourth-order valence-electron chi connectivity index (χ4n) is 12.9. The van der Waals surface area contributed by atoms with E-state index < -0.39 is 291 Å². The highest BCUT2D eigenvalue weighted by Crippen LogP contribution is 2.23. The molecular formula is C79H118N22O26S4. The zero-order valence-electron chi connectivity index (χ0n) is 72.2. The smallest absolute Gasteiger partial charge is 0.325 e. The number of unbranched alkanes of at least 4 members (excludes halogenated alkanes) is 1. The van der Waals surface area contributed by atoms with Crippen molar-refractivity contribution in [2.45, 2.75) is 195 Å². The molecule has 0 bridgehead atoms. The number of likely N-dealkylation sites (tertiary alicyclic amines) is 1. The van der Waals surface area contributed by atoms with Crippen molar-refractivity contribution in [3.8, 4) is 5.75 Å². The Morgan fingerprint density at radius 1 is 0.511 bits per heavy atom. The summed E-state index contributed by atoms with van der Waals surface area (Å²) in [6.45, 7) is -0.0982. The number of primary amides is 2. The van der Waals surface area contributed by atoms with Gasteiger partial charge in [-0.15, -0.1) is 0 Å². The first-order valence-electron chi connectivity index (χ1n) is 41.5. The van der Waals surface area contributed by atoms with Crippen LogP contribution < -0.4 is 108 Å². The number of carbonyl (C=O) groups is 21. The summed E-state index contributed by atoms with van der Waals surface area (Å²) in [5.41, 5.74) is 23.7. The molecule has 1 aromatic heterocycles. The van der Waals surface area contributed by atoms with E-state index in [4.69, 9.17) is 28.0 Å². The Morgan fingerprint density at radius 2 is 0.985 bits per heavy atom.